The Labute approximate surface area is 165 Å². The number of benzene rings is 1. The largest absolute Gasteiger partial charge is 0.502 e. The lowest BCUT2D eigenvalue weighted by Gasteiger charge is -2.39. The number of fused-ring (bicyclic) bond motifs is 1. The summed E-state index contributed by atoms with van der Waals surface area (Å²) in [4.78, 5) is 37.9. The van der Waals surface area contributed by atoms with Crippen LogP contribution in [0.25, 0.3) is 0 Å². The molecule has 9 nitrogen and oxygen atoms in total. The molecule has 29 heavy (non-hydrogen) atoms. The van der Waals surface area contributed by atoms with Gasteiger partial charge in [-0.15, -0.1) is 0 Å². The fourth-order valence-corrected chi connectivity index (χ4v) is 3.14. The molecule has 0 fully saturated rings. The number of carboxylic acids is 1. The van der Waals surface area contributed by atoms with Crippen LogP contribution in [0.5, 0.6) is 5.75 Å². The first-order valence-corrected chi connectivity index (χ1v) is 8.83. The molecule has 154 valence electrons. The number of nitrogens with zero attached hydrogens (tertiary/aromatic N) is 3. The number of carboxylic acid groups (broad SMARTS) is 1. The smallest absolute Gasteiger partial charge is 0.341 e. The minimum atomic E-state index is -1.50. The molecule has 0 radical (unpaired) electrons. The zero-order valence-corrected chi connectivity index (χ0v) is 15.7. The summed E-state index contributed by atoms with van der Waals surface area (Å²) in [6, 6.07) is 5.62. The Bertz CT molecular complexity index is 989. The lowest BCUT2D eigenvalue weighted by molar-refractivity contribution is 0.0654. The maximum Gasteiger partial charge on any atom is 0.341 e. The first kappa shape index (κ1) is 20.3. The molecular formula is C19H20FN3O6. The van der Waals surface area contributed by atoms with Crippen LogP contribution in [0, 0.1) is 5.82 Å². The third kappa shape index (κ3) is 4.06. The van der Waals surface area contributed by atoms with Crippen molar-refractivity contribution >= 4 is 11.9 Å². The third-order valence-electron chi connectivity index (χ3n) is 4.57. The monoisotopic (exact) mass is 405 g/mol. The highest BCUT2D eigenvalue weighted by molar-refractivity contribution is 5.97. The van der Waals surface area contributed by atoms with E-state index in [2.05, 4.69) is 0 Å². The molecule has 0 aliphatic carbocycles. The summed E-state index contributed by atoms with van der Waals surface area (Å²) in [7, 11) is 1.54. The van der Waals surface area contributed by atoms with E-state index in [-0.39, 0.29) is 18.9 Å². The number of aromatic hydroxyl groups is 1. The number of hydrogen-bond acceptors (Lipinski definition) is 6. The molecule has 0 bridgehead atoms. The lowest BCUT2D eigenvalue weighted by Crippen LogP contribution is -2.54. The summed E-state index contributed by atoms with van der Waals surface area (Å²) in [5, 5.41) is 21.2. The molecule has 0 saturated carbocycles. The number of hydrogen-bond donors (Lipinski definition) is 2. The van der Waals surface area contributed by atoms with Crippen molar-refractivity contribution in [3.05, 3.63) is 63.3 Å². The zero-order valence-electron chi connectivity index (χ0n) is 15.7. The van der Waals surface area contributed by atoms with Crippen molar-refractivity contribution in [2.45, 2.75) is 13.0 Å². The maximum absolute atomic E-state index is 13.2. The van der Waals surface area contributed by atoms with Crippen molar-refractivity contribution in [1.82, 2.24) is 9.58 Å². The molecule has 1 aromatic carbocycles. The molecule has 3 rings (SSSR count). The fraction of sp³-hybridized carbons (Fsp3) is 0.316. The molecule has 1 amide bonds. The van der Waals surface area contributed by atoms with E-state index in [0.717, 1.165) is 6.20 Å². The molecule has 0 atom stereocenters. The van der Waals surface area contributed by atoms with Gasteiger partial charge in [0.2, 0.25) is 5.43 Å². The van der Waals surface area contributed by atoms with Gasteiger partial charge in [-0.05, 0) is 24.1 Å². The van der Waals surface area contributed by atoms with E-state index < -0.39 is 34.4 Å². The van der Waals surface area contributed by atoms with Crippen LogP contribution in [0.1, 0.15) is 32.8 Å². The summed E-state index contributed by atoms with van der Waals surface area (Å²) in [6.07, 6.45) is 1.60. The number of aromatic nitrogens is 1. The quantitative estimate of drug-likeness (QED) is 0.661. The Kier molecular flexibility index (Phi) is 5.83. The van der Waals surface area contributed by atoms with Gasteiger partial charge in [-0.2, -0.15) is 0 Å². The number of ether oxygens (including phenoxy) is 1. The summed E-state index contributed by atoms with van der Waals surface area (Å²) >= 11 is 0. The second-order valence-electron chi connectivity index (χ2n) is 6.57. The van der Waals surface area contributed by atoms with Crippen LogP contribution < -0.4 is 10.4 Å². The van der Waals surface area contributed by atoms with E-state index in [4.69, 9.17) is 4.74 Å². The fourth-order valence-electron chi connectivity index (χ4n) is 3.14. The molecule has 0 unspecified atom stereocenters. The van der Waals surface area contributed by atoms with Gasteiger partial charge < -0.3 is 19.8 Å². The molecule has 1 aromatic heterocycles. The van der Waals surface area contributed by atoms with Crippen LogP contribution in [0.4, 0.5) is 4.39 Å². The Balaban J connectivity index is 2.02. The molecule has 2 aromatic rings. The van der Waals surface area contributed by atoms with Crippen LogP contribution in [-0.4, -0.2) is 58.6 Å². The van der Waals surface area contributed by atoms with Crippen LogP contribution in [0.15, 0.2) is 35.3 Å². The molecule has 2 heterocycles. The second kappa shape index (κ2) is 8.31. The average molecular weight is 405 g/mol. The molecule has 0 spiro atoms. The van der Waals surface area contributed by atoms with Crippen molar-refractivity contribution in [3.63, 3.8) is 0 Å². The van der Waals surface area contributed by atoms with Crippen LogP contribution in [-0.2, 0) is 11.3 Å². The first-order chi connectivity index (χ1) is 13.8. The number of halogens is 1. The van der Waals surface area contributed by atoms with Crippen molar-refractivity contribution < 1.29 is 28.9 Å². The van der Waals surface area contributed by atoms with Crippen molar-refractivity contribution in [2.75, 3.05) is 31.9 Å². The predicted molar refractivity (Wildman–Crippen MR) is 100 cm³/mol. The Hall–Kier alpha value is -3.40. The number of rotatable bonds is 7. The van der Waals surface area contributed by atoms with Gasteiger partial charge in [0, 0.05) is 33.0 Å². The van der Waals surface area contributed by atoms with Crippen LogP contribution in [0.2, 0.25) is 0 Å². The first-order valence-electron chi connectivity index (χ1n) is 8.83. The number of carbonyl (C=O) groups excluding carboxylic acids is 1. The van der Waals surface area contributed by atoms with Crippen molar-refractivity contribution in [2.24, 2.45) is 0 Å². The van der Waals surface area contributed by atoms with Gasteiger partial charge in [-0.1, -0.05) is 12.1 Å². The summed E-state index contributed by atoms with van der Waals surface area (Å²) in [5.74, 6) is -3.46. The lowest BCUT2D eigenvalue weighted by atomic mass is 10.1. The van der Waals surface area contributed by atoms with E-state index in [9.17, 15) is 29.0 Å². The van der Waals surface area contributed by atoms with E-state index in [1.54, 1.807) is 12.1 Å². The molecule has 0 saturated heterocycles. The minimum Gasteiger partial charge on any atom is -0.502 e. The van der Waals surface area contributed by atoms with E-state index in [1.165, 1.54) is 33.8 Å². The average Bonchev–Trinajstić information content (AvgIpc) is 2.69. The molecular weight excluding hydrogens is 385 g/mol. The van der Waals surface area contributed by atoms with Crippen LogP contribution >= 0.6 is 0 Å². The number of methoxy groups -OCH3 is 1. The van der Waals surface area contributed by atoms with E-state index >= 15 is 0 Å². The van der Waals surface area contributed by atoms with Gasteiger partial charge in [0.05, 0.1) is 0 Å². The molecule has 10 heteroatoms. The van der Waals surface area contributed by atoms with Gasteiger partial charge in [0.15, 0.2) is 11.4 Å². The molecule has 1 aliphatic heterocycles. The predicted octanol–water partition coefficient (Wildman–Crippen LogP) is 0.979. The Morgan fingerprint density at radius 1 is 1.24 bits per heavy atom. The van der Waals surface area contributed by atoms with Gasteiger partial charge in [0.1, 0.15) is 18.0 Å². The highest BCUT2D eigenvalue weighted by Crippen LogP contribution is 2.23. The third-order valence-corrected chi connectivity index (χ3v) is 4.57. The van der Waals surface area contributed by atoms with Gasteiger partial charge in [-0.25, -0.2) is 9.18 Å². The van der Waals surface area contributed by atoms with Gasteiger partial charge >= 0.3 is 5.97 Å². The van der Waals surface area contributed by atoms with Gasteiger partial charge in [0.25, 0.3) is 5.91 Å². The SMILES string of the molecule is COCCCN1CN(Cc2ccc(F)cc2)C(=O)c2c(O)c(=O)c(C(=O)O)cn21. The number of carbonyl (C=O) groups is 2. The Morgan fingerprint density at radius 3 is 2.55 bits per heavy atom. The van der Waals surface area contributed by atoms with Crippen molar-refractivity contribution in [1.29, 1.82) is 0 Å². The number of pyridine rings is 1. The van der Waals surface area contributed by atoms with E-state index in [1.807, 2.05) is 0 Å². The van der Waals surface area contributed by atoms with Gasteiger partial charge in [-0.3, -0.25) is 19.3 Å². The number of amides is 1. The highest BCUT2D eigenvalue weighted by atomic mass is 19.1. The minimum absolute atomic E-state index is 0.0777. The maximum atomic E-state index is 13.2. The van der Waals surface area contributed by atoms with Crippen molar-refractivity contribution in [3.8, 4) is 5.75 Å². The second-order valence-corrected chi connectivity index (χ2v) is 6.57. The normalized spacial score (nSPS) is 13.5. The van der Waals surface area contributed by atoms with E-state index in [0.29, 0.717) is 25.1 Å². The van der Waals surface area contributed by atoms with Crippen LogP contribution in [0.3, 0.4) is 0 Å². The summed E-state index contributed by atoms with van der Waals surface area (Å²) < 4.78 is 19.4. The topological polar surface area (TPSA) is 112 Å². The highest BCUT2D eigenvalue weighted by Gasteiger charge is 2.34. The Morgan fingerprint density at radius 2 is 1.93 bits per heavy atom. The summed E-state index contributed by atoms with van der Waals surface area (Å²) in [6.45, 7) is 0.994. The summed E-state index contributed by atoms with van der Waals surface area (Å²) in [5.41, 5.74) is -1.42. The standard InChI is InChI=1S/C19H20FN3O6/c1-29-8-2-7-22-11-21(9-12-3-5-13(20)6-4-12)18(26)15-17(25)16(24)14(19(27)28)10-23(15)22/h3-6,10,25H,2,7-9,11H2,1H3,(H,27,28). The number of aromatic carboxylic acids is 1. The molecule has 1 aliphatic rings. The zero-order chi connectivity index (χ0) is 21.1. The molecule has 2 N–H and O–H groups in total.